The lowest BCUT2D eigenvalue weighted by atomic mass is 9.77. The van der Waals surface area contributed by atoms with E-state index in [1.807, 2.05) is 0 Å². The molecule has 2 atom stereocenters. The molecule has 2 aliphatic heterocycles. The van der Waals surface area contributed by atoms with Gasteiger partial charge in [0.05, 0.1) is 22.4 Å². The molecule has 0 spiro atoms. The Morgan fingerprint density at radius 2 is 1.53 bits per heavy atom. The minimum Gasteiger partial charge on any atom is -0.338 e. The third-order valence-corrected chi connectivity index (χ3v) is 13.4. The van der Waals surface area contributed by atoms with Gasteiger partial charge in [0.15, 0.2) is 9.84 Å². The van der Waals surface area contributed by atoms with Crippen LogP contribution in [0.15, 0.2) is 47.4 Å². The monoisotopic (exact) mass is 688 g/mol. The number of nitrogens with one attached hydrogen (secondary N) is 1. The lowest BCUT2D eigenvalue weighted by Gasteiger charge is -2.43. The number of benzene rings is 2. The smallest absolute Gasteiger partial charge is 0.338 e. The van der Waals surface area contributed by atoms with Crippen LogP contribution >= 0.6 is 0 Å². The van der Waals surface area contributed by atoms with Crippen molar-refractivity contribution in [3.05, 3.63) is 65.0 Å². The van der Waals surface area contributed by atoms with Crippen LogP contribution in [0.1, 0.15) is 42.4 Å². The van der Waals surface area contributed by atoms with E-state index in [0.717, 1.165) is 30.3 Å². The molecule has 1 aliphatic carbocycles. The molecule has 2 heterocycles. The molecule has 0 bridgehead atoms. The van der Waals surface area contributed by atoms with Crippen LogP contribution in [0.5, 0.6) is 0 Å². The van der Waals surface area contributed by atoms with Crippen molar-refractivity contribution < 1.29 is 56.8 Å². The molecule has 7 nitrogen and oxygen atoms in total. The summed E-state index contributed by atoms with van der Waals surface area (Å²) in [4.78, 5) is 14.2. The number of fused-ring (bicyclic) bond motifs is 3. The Morgan fingerprint density at radius 1 is 0.933 bits per heavy atom. The van der Waals surface area contributed by atoms with Gasteiger partial charge in [0.2, 0.25) is 0 Å². The predicted molar refractivity (Wildman–Crippen MR) is 145 cm³/mol. The number of hydrogen-bond acceptors (Lipinski definition) is 5. The number of carbonyl (C=O) groups is 1. The highest BCUT2D eigenvalue weighted by molar-refractivity contribution is 7.92. The third kappa shape index (κ3) is 5.46. The summed E-state index contributed by atoms with van der Waals surface area (Å²) in [5.41, 5.74) is -7.91. The topological polar surface area (TPSA) is 101 Å². The number of likely N-dealkylation sites (tertiary alicyclic amines) is 1. The molecule has 0 aromatic heterocycles. The van der Waals surface area contributed by atoms with Crippen molar-refractivity contribution >= 4 is 25.7 Å². The normalized spacial score (nSPS) is 24.2. The second-order valence-electron chi connectivity index (χ2n) is 11.7. The van der Waals surface area contributed by atoms with Crippen molar-refractivity contribution in [3.8, 4) is 0 Å². The van der Waals surface area contributed by atoms with Crippen LogP contribution in [0.3, 0.4) is 0 Å². The first-order valence-electron chi connectivity index (χ1n) is 14.0. The number of amides is 2. The Hall–Kier alpha value is -2.95. The van der Waals surface area contributed by atoms with Gasteiger partial charge in [-0.15, -0.1) is 0 Å². The summed E-state index contributed by atoms with van der Waals surface area (Å²) in [6, 6.07) is 3.27. The van der Waals surface area contributed by atoms with Gasteiger partial charge in [0.25, 0.3) is 0 Å². The standard InChI is InChI=1S/C28H28F8N2O5S2/c29-20-3-5-21(6-4-20)45(42,43)25-11-12-38(24(39)37-16-17-9-13-44(40,41)14-10-17)23(25)8-1-18-15-19(2-7-22(18)25)26(30,27(31,32)33)28(34,35)36/h2-7,15,17,23H,1,8-14,16H2,(H,37,39)/t23-,25-/m1/s1. The molecule has 2 saturated heterocycles. The molecule has 0 unspecified atom stereocenters. The average molecular weight is 689 g/mol. The van der Waals surface area contributed by atoms with E-state index in [2.05, 4.69) is 5.32 Å². The average Bonchev–Trinajstić information content (AvgIpc) is 3.37. The van der Waals surface area contributed by atoms with E-state index in [4.69, 9.17) is 0 Å². The Balaban J connectivity index is 1.56. The van der Waals surface area contributed by atoms with E-state index in [0.29, 0.717) is 18.9 Å². The van der Waals surface area contributed by atoms with Crippen LogP contribution in [0, 0.1) is 11.7 Å². The van der Waals surface area contributed by atoms with Crippen molar-refractivity contribution in [1.82, 2.24) is 10.2 Å². The maximum Gasteiger partial charge on any atom is 0.435 e. The van der Waals surface area contributed by atoms with E-state index >= 15 is 0 Å². The minimum absolute atomic E-state index is 0.0412. The summed E-state index contributed by atoms with van der Waals surface area (Å²) in [5.74, 6) is -0.999. The van der Waals surface area contributed by atoms with Crippen LogP contribution in [0.25, 0.3) is 0 Å². The molecule has 5 rings (SSSR count). The highest BCUT2D eigenvalue weighted by Crippen LogP contribution is 2.56. The van der Waals surface area contributed by atoms with Crippen molar-refractivity contribution in [3.63, 3.8) is 0 Å². The largest absolute Gasteiger partial charge is 0.435 e. The first kappa shape index (κ1) is 33.4. The van der Waals surface area contributed by atoms with E-state index in [-0.39, 0.29) is 71.9 Å². The number of carbonyl (C=O) groups excluding carboxylic acids is 1. The van der Waals surface area contributed by atoms with E-state index in [1.165, 1.54) is 4.90 Å². The predicted octanol–water partition coefficient (Wildman–Crippen LogP) is 5.34. The van der Waals surface area contributed by atoms with Gasteiger partial charge < -0.3 is 10.2 Å². The molecule has 1 N–H and O–H groups in total. The number of urea groups is 1. The number of hydrogen-bond donors (Lipinski definition) is 1. The minimum atomic E-state index is -6.38. The summed E-state index contributed by atoms with van der Waals surface area (Å²) >= 11 is 0. The van der Waals surface area contributed by atoms with Crippen molar-refractivity contribution in [2.75, 3.05) is 24.6 Å². The molecular formula is C28H28F8N2O5S2. The molecule has 248 valence electrons. The Bertz CT molecular complexity index is 1670. The van der Waals surface area contributed by atoms with Crippen molar-refractivity contribution in [2.45, 2.75) is 65.8 Å². The summed E-state index contributed by atoms with van der Waals surface area (Å²) in [6.45, 7) is -0.0714. The molecule has 17 heteroatoms. The maximum absolute atomic E-state index is 15.0. The van der Waals surface area contributed by atoms with Crippen LogP contribution in [0.4, 0.5) is 39.9 Å². The zero-order valence-corrected chi connectivity index (χ0v) is 25.0. The molecule has 0 radical (unpaired) electrons. The lowest BCUT2D eigenvalue weighted by molar-refractivity contribution is -0.348. The zero-order valence-electron chi connectivity index (χ0n) is 23.4. The molecule has 2 aromatic rings. The molecule has 2 amide bonds. The molecule has 2 fully saturated rings. The van der Waals surface area contributed by atoms with Gasteiger partial charge in [0.1, 0.15) is 20.4 Å². The van der Waals surface area contributed by atoms with Crippen LogP contribution in [-0.2, 0) is 36.5 Å². The third-order valence-electron chi connectivity index (χ3n) is 9.15. The highest BCUT2D eigenvalue weighted by Gasteiger charge is 2.74. The number of alkyl halides is 7. The highest BCUT2D eigenvalue weighted by atomic mass is 32.2. The van der Waals surface area contributed by atoms with E-state index in [1.54, 1.807) is 0 Å². The Kier molecular flexibility index (Phi) is 8.24. The number of nitrogens with zero attached hydrogens (tertiary/aromatic N) is 1. The molecular weight excluding hydrogens is 660 g/mol. The fraction of sp³-hybridized carbons (Fsp3) is 0.536. The SMILES string of the molecule is O=C(NCC1CCS(=O)(=O)CC1)N1CC[C@@]2(S(=O)(=O)c3ccc(F)cc3)c3ccc(C(F)(C(F)(F)F)C(F)(F)F)cc3CC[C@@H]12. The zero-order chi connectivity index (χ0) is 33.2. The van der Waals surface area contributed by atoms with Crippen molar-refractivity contribution in [1.29, 1.82) is 0 Å². The maximum atomic E-state index is 15.0. The quantitative estimate of drug-likeness (QED) is 0.338. The van der Waals surface area contributed by atoms with E-state index in [9.17, 15) is 56.8 Å². The fourth-order valence-corrected chi connectivity index (χ4v) is 10.7. The Labute approximate surface area is 253 Å². The van der Waals surface area contributed by atoms with Gasteiger partial charge in [-0.1, -0.05) is 18.2 Å². The molecule has 2 aromatic carbocycles. The first-order chi connectivity index (χ1) is 20.7. The van der Waals surface area contributed by atoms with Gasteiger partial charge >= 0.3 is 24.1 Å². The number of aryl methyl sites for hydroxylation is 1. The van der Waals surface area contributed by atoms with E-state index < -0.39 is 65.9 Å². The number of sulfone groups is 2. The molecule has 3 aliphatic rings. The van der Waals surface area contributed by atoms with Crippen LogP contribution in [-0.4, -0.2) is 70.8 Å². The number of halogens is 8. The Morgan fingerprint density at radius 3 is 2.11 bits per heavy atom. The van der Waals surface area contributed by atoms with Gasteiger partial charge in [0, 0.05) is 18.7 Å². The summed E-state index contributed by atoms with van der Waals surface area (Å²) in [7, 11) is -7.76. The molecule has 45 heavy (non-hydrogen) atoms. The second-order valence-corrected chi connectivity index (χ2v) is 16.2. The van der Waals surface area contributed by atoms with Gasteiger partial charge in [-0.2, -0.15) is 26.3 Å². The van der Waals surface area contributed by atoms with Gasteiger partial charge in [-0.3, -0.25) is 0 Å². The summed E-state index contributed by atoms with van der Waals surface area (Å²) in [6.07, 6.45) is -12.9. The van der Waals surface area contributed by atoms with Crippen LogP contribution in [0.2, 0.25) is 0 Å². The summed E-state index contributed by atoms with van der Waals surface area (Å²) in [5, 5.41) is 2.70. The first-order valence-corrected chi connectivity index (χ1v) is 17.3. The van der Waals surface area contributed by atoms with Crippen molar-refractivity contribution in [2.24, 2.45) is 5.92 Å². The van der Waals surface area contributed by atoms with Crippen LogP contribution < -0.4 is 5.32 Å². The molecule has 0 saturated carbocycles. The fourth-order valence-electron chi connectivity index (χ4n) is 6.77. The second kappa shape index (κ2) is 11.1. The lowest BCUT2D eigenvalue weighted by Crippen LogP contribution is -2.54. The van der Waals surface area contributed by atoms with Gasteiger partial charge in [-0.05, 0) is 73.4 Å². The summed E-state index contributed by atoms with van der Waals surface area (Å²) < 4.78 is 160. The number of rotatable bonds is 5. The van der Waals surface area contributed by atoms with Gasteiger partial charge in [-0.25, -0.2) is 30.4 Å².